The molecule has 0 aliphatic carbocycles. The molecule has 0 aromatic rings. The summed E-state index contributed by atoms with van der Waals surface area (Å²) in [5, 5.41) is 3.38. The number of nitrogens with zero attached hydrogens (tertiary/aromatic N) is 2. The van der Waals surface area contributed by atoms with E-state index in [0.29, 0.717) is 23.9 Å². The van der Waals surface area contributed by atoms with Crippen LogP contribution in [-0.2, 0) is 4.79 Å². The zero-order valence-corrected chi connectivity index (χ0v) is 13.4. The van der Waals surface area contributed by atoms with Crippen molar-refractivity contribution in [2.24, 2.45) is 5.92 Å². The molecule has 116 valence electrons. The molecule has 3 atom stereocenters. The predicted octanol–water partition coefficient (Wildman–Crippen LogP) is 1.71. The smallest absolute Gasteiger partial charge is 0.222 e. The minimum absolute atomic E-state index is 0.346. The zero-order valence-electron chi connectivity index (χ0n) is 13.4. The van der Waals surface area contributed by atoms with Crippen LogP contribution in [0.4, 0.5) is 0 Å². The molecule has 2 fully saturated rings. The molecule has 0 spiro atoms. The molecule has 0 bridgehead atoms. The summed E-state index contributed by atoms with van der Waals surface area (Å²) in [4.78, 5) is 16.9. The van der Waals surface area contributed by atoms with Crippen molar-refractivity contribution in [3.8, 4) is 0 Å². The van der Waals surface area contributed by atoms with Crippen LogP contribution in [0.3, 0.4) is 0 Å². The van der Waals surface area contributed by atoms with Gasteiger partial charge in [0.1, 0.15) is 0 Å². The second-order valence-electron chi connectivity index (χ2n) is 6.56. The average Bonchev–Trinajstić information content (AvgIpc) is 2.97. The Morgan fingerprint density at radius 2 is 2.20 bits per heavy atom. The molecule has 0 radical (unpaired) electrons. The number of amides is 1. The number of rotatable bonds is 5. The molecule has 20 heavy (non-hydrogen) atoms. The summed E-state index contributed by atoms with van der Waals surface area (Å²) in [6.07, 6.45) is 5.28. The van der Waals surface area contributed by atoms with E-state index >= 15 is 0 Å². The van der Waals surface area contributed by atoms with Gasteiger partial charge in [0.2, 0.25) is 5.91 Å². The number of piperidine rings is 1. The third kappa shape index (κ3) is 3.95. The largest absolute Gasteiger partial charge is 0.343 e. The maximum absolute atomic E-state index is 12.3. The van der Waals surface area contributed by atoms with Gasteiger partial charge in [-0.3, -0.25) is 4.79 Å². The van der Waals surface area contributed by atoms with Crippen molar-refractivity contribution in [2.75, 3.05) is 33.2 Å². The lowest BCUT2D eigenvalue weighted by atomic mass is 9.96. The molecule has 1 N–H and O–H groups in total. The predicted molar refractivity (Wildman–Crippen MR) is 82.7 cm³/mol. The lowest BCUT2D eigenvalue weighted by molar-refractivity contribution is -0.133. The summed E-state index contributed by atoms with van der Waals surface area (Å²) < 4.78 is 0. The van der Waals surface area contributed by atoms with Gasteiger partial charge in [-0.15, -0.1) is 0 Å². The van der Waals surface area contributed by atoms with Crippen LogP contribution in [0, 0.1) is 5.92 Å². The third-order valence-electron chi connectivity index (χ3n) is 5.26. The molecule has 2 aliphatic rings. The normalized spacial score (nSPS) is 31.4. The van der Waals surface area contributed by atoms with Crippen molar-refractivity contribution in [1.82, 2.24) is 15.1 Å². The van der Waals surface area contributed by atoms with Gasteiger partial charge >= 0.3 is 0 Å². The number of nitrogens with one attached hydrogen (secondary N) is 1. The van der Waals surface area contributed by atoms with Crippen LogP contribution in [-0.4, -0.2) is 61.0 Å². The maximum Gasteiger partial charge on any atom is 0.222 e. The Kier molecular flexibility index (Phi) is 5.85. The highest BCUT2D eigenvalue weighted by atomic mass is 16.2. The fourth-order valence-corrected chi connectivity index (χ4v) is 3.69. The Morgan fingerprint density at radius 1 is 1.40 bits per heavy atom. The van der Waals surface area contributed by atoms with E-state index in [9.17, 15) is 4.79 Å². The van der Waals surface area contributed by atoms with Gasteiger partial charge in [0.15, 0.2) is 0 Å². The fourth-order valence-electron chi connectivity index (χ4n) is 3.69. The lowest BCUT2D eigenvalue weighted by Gasteiger charge is -2.40. The number of hydrogen-bond acceptors (Lipinski definition) is 3. The molecule has 3 unspecified atom stereocenters. The first-order valence-corrected chi connectivity index (χ1v) is 8.32. The average molecular weight is 281 g/mol. The SMILES string of the molecule is CCN1CCC(N(C)C(=O)CCC2CCNC2)CC1C. The van der Waals surface area contributed by atoms with Crippen molar-refractivity contribution < 1.29 is 4.79 Å². The summed E-state index contributed by atoms with van der Waals surface area (Å²) in [6.45, 7) is 9.00. The van der Waals surface area contributed by atoms with Crippen LogP contribution < -0.4 is 5.32 Å². The van der Waals surface area contributed by atoms with E-state index in [4.69, 9.17) is 0 Å². The van der Waals surface area contributed by atoms with Crippen LogP contribution in [0.25, 0.3) is 0 Å². The van der Waals surface area contributed by atoms with Crippen molar-refractivity contribution in [2.45, 2.75) is 58.0 Å². The Bertz CT molecular complexity index is 315. The summed E-state index contributed by atoms with van der Waals surface area (Å²) in [7, 11) is 2.01. The van der Waals surface area contributed by atoms with Crippen molar-refractivity contribution in [1.29, 1.82) is 0 Å². The van der Waals surface area contributed by atoms with Gasteiger partial charge in [-0.25, -0.2) is 0 Å². The van der Waals surface area contributed by atoms with E-state index in [1.54, 1.807) is 0 Å². The highest BCUT2D eigenvalue weighted by Crippen LogP contribution is 2.22. The molecule has 4 nitrogen and oxygen atoms in total. The molecule has 1 amide bonds. The summed E-state index contributed by atoms with van der Waals surface area (Å²) in [5.74, 6) is 1.06. The standard InChI is InChI=1S/C16H31N3O/c1-4-19-10-8-15(11-13(19)2)18(3)16(20)6-5-14-7-9-17-12-14/h13-15,17H,4-12H2,1-3H3. The van der Waals surface area contributed by atoms with E-state index in [-0.39, 0.29) is 0 Å². The molecule has 0 aromatic heterocycles. The number of carbonyl (C=O) groups excluding carboxylic acids is 1. The topological polar surface area (TPSA) is 35.6 Å². The van der Waals surface area contributed by atoms with Gasteiger partial charge in [0, 0.05) is 32.1 Å². The Hall–Kier alpha value is -0.610. The van der Waals surface area contributed by atoms with Crippen LogP contribution in [0.2, 0.25) is 0 Å². The molecule has 2 heterocycles. The van der Waals surface area contributed by atoms with E-state index < -0.39 is 0 Å². The number of carbonyl (C=O) groups is 1. The van der Waals surface area contributed by atoms with Crippen molar-refractivity contribution in [3.05, 3.63) is 0 Å². The van der Waals surface area contributed by atoms with Gasteiger partial charge in [0.05, 0.1) is 0 Å². The second-order valence-corrected chi connectivity index (χ2v) is 6.56. The number of hydrogen-bond donors (Lipinski definition) is 1. The Balaban J connectivity index is 1.75. The van der Waals surface area contributed by atoms with E-state index in [0.717, 1.165) is 51.9 Å². The highest BCUT2D eigenvalue weighted by Gasteiger charge is 2.29. The third-order valence-corrected chi connectivity index (χ3v) is 5.26. The maximum atomic E-state index is 12.3. The van der Waals surface area contributed by atoms with Crippen molar-refractivity contribution in [3.63, 3.8) is 0 Å². The summed E-state index contributed by atoms with van der Waals surface area (Å²) >= 11 is 0. The zero-order chi connectivity index (χ0) is 14.5. The van der Waals surface area contributed by atoms with Crippen LogP contribution >= 0.6 is 0 Å². The number of likely N-dealkylation sites (tertiary alicyclic amines) is 1. The lowest BCUT2D eigenvalue weighted by Crippen LogP contribution is -2.49. The molecule has 2 rings (SSSR count). The van der Waals surface area contributed by atoms with Crippen LogP contribution in [0.15, 0.2) is 0 Å². The quantitative estimate of drug-likeness (QED) is 0.833. The van der Waals surface area contributed by atoms with Gasteiger partial charge in [-0.2, -0.15) is 0 Å². The molecule has 4 heteroatoms. The Labute approximate surface area is 123 Å². The monoisotopic (exact) mass is 281 g/mol. The van der Waals surface area contributed by atoms with Crippen molar-refractivity contribution >= 4 is 5.91 Å². The van der Waals surface area contributed by atoms with E-state index in [1.807, 2.05) is 11.9 Å². The van der Waals surface area contributed by atoms with Gasteiger partial charge < -0.3 is 15.1 Å². The molecule has 2 saturated heterocycles. The van der Waals surface area contributed by atoms with Gasteiger partial charge in [-0.05, 0) is 58.2 Å². The summed E-state index contributed by atoms with van der Waals surface area (Å²) in [5.41, 5.74) is 0. The highest BCUT2D eigenvalue weighted by molar-refractivity contribution is 5.76. The second kappa shape index (κ2) is 7.41. The van der Waals surface area contributed by atoms with Gasteiger partial charge in [-0.1, -0.05) is 6.92 Å². The molecule has 0 aromatic carbocycles. The van der Waals surface area contributed by atoms with Crippen LogP contribution in [0.5, 0.6) is 0 Å². The van der Waals surface area contributed by atoms with Gasteiger partial charge in [0.25, 0.3) is 0 Å². The fraction of sp³-hybridized carbons (Fsp3) is 0.938. The molecule has 2 aliphatic heterocycles. The van der Waals surface area contributed by atoms with E-state index in [2.05, 4.69) is 24.1 Å². The molecular formula is C16H31N3O. The first kappa shape index (κ1) is 15.8. The van der Waals surface area contributed by atoms with Crippen LogP contribution in [0.1, 0.15) is 46.0 Å². The first-order chi connectivity index (χ1) is 9.61. The summed E-state index contributed by atoms with van der Waals surface area (Å²) in [6, 6.07) is 1.05. The molecule has 0 saturated carbocycles. The van der Waals surface area contributed by atoms with E-state index in [1.165, 1.54) is 6.42 Å². The minimum Gasteiger partial charge on any atom is -0.343 e. The first-order valence-electron chi connectivity index (χ1n) is 8.32. The Morgan fingerprint density at radius 3 is 2.80 bits per heavy atom. The minimum atomic E-state index is 0.346. The molecular weight excluding hydrogens is 250 g/mol.